The summed E-state index contributed by atoms with van der Waals surface area (Å²) in [6.07, 6.45) is 2.69. The van der Waals surface area contributed by atoms with Crippen LogP contribution < -0.4 is 0 Å². The number of hydrogen-bond acceptors (Lipinski definition) is 9. The van der Waals surface area contributed by atoms with Gasteiger partial charge in [0.05, 0.1) is 5.41 Å². The predicted molar refractivity (Wildman–Crippen MR) is 95.3 cm³/mol. The second kappa shape index (κ2) is 8.64. The number of rotatable bonds is 4. The molecule has 0 N–H and O–H groups in total. The van der Waals surface area contributed by atoms with Crippen LogP contribution in [0, 0.1) is 5.41 Å². The van der Waals surface area contributed by atoms with Gasteiger partial charge in [0.15, 0.2) is 0 Å². The fourth-order valence-electron chi connectivity index (χ4n) is 3.36. The summed E-state index contributed by atoms with van der Waals surface area (Å²) in [7, 11) is 0. The van der Waals surface area contributed by atoms with Crippen molar-refractivity contribution in [2.45, 2.75) is 64.4 Å². The normalized spacial score (nSPS) is 27.2. The van der Waals surface area contributed by atoms with E-state index < -0.39 is 47.3 Å². The van der Waals surface area contributed by atoms with Gasteiger partial charge in [-0.3, -0.25) is 24.0 Å². The maximum absolute atomic E-state index is 12.7. The first-order valence-electron chi connectivity index (χ1n) is 9.69. The zero-order chi connectivity index (χ0) is 21.9. The number of ether oxygens (including phenoxy) is 1. The molecule has 2 saturated heterocycles. The SMILES string of the molecule is C[C@@]1(C(=O)ON2C(=O)CCC2=O)CCC=CC(OC(=O)ON2C(=O)CCC2=O)CC1. The molecule has 1 unspecified atom stereocenters. The molecule has 162 valence electrons. The Labute approximate surface area is 171 Å². The zero-order valence-electron chi connectivity index (χ0n) is 16.5. The molecule has 0 radical (unpaired) electrons. The Morgan fingerprint density at radius 2 is 1.43 bits per heavy atom. The van der Waals surface area contributed by atoms with Crippen LogP contribution in [-0.2, 0) is 38.4 Å². The third-order valence-electron chi connectivity index (χ3n) is 5.29. The summed E-state index contributed by atoms with van der Waals surface area (Å²) >= 11 is 0. The Morgan fingerprint density at radius 1 is 0.900 bits per heavy atom. The van der Waals surface area contributed by atoms with Gasteiger partial charge in [0.1, 0.15) is 6.10 Å². The van der Waals surface area contributed by atoms with Crippen LogP contribution in [0.5, 0.6) is 0 Å². The van der Waals surface area contributed by atoms with E-state index in [1.807, 2.05) is 0 Å². The molecule has 3 rings (SSSR count). The first kappa shape index (κ1) is 21.5. The quantitative estimate of drug-likeness (QED) is 0.373. The van der Waals surface area contributed by atoms with Gasteiger partial charge in [0.25, 0.3) is 23.6 Å². The highest BCUT2D eigenvalue weighted by atomic mass is 16.8. The van der Waals surface area contributed by atoms with Gasteiger partial charge in [-0.15, -0.1) is 5.06 Å². The number of carbonyl (C=O) groups excluding carboxylic acids is 6. The van der Waals surface area contributed by atoms with Crippen LogP contribution in [0.3, 0.4) is 0 Å². The lowest BCUT2D eigenvalue weighted by molar-refractivity contribution is -0.205. The van der Waals surface area contributed by atoms with Gasteiger partial charge in [-0.2, -0.15) is 0 Å². The number of imide groups is 2. The van der Waals surface area contributed by atoms with E-state index in [4.69, 9.17) is 9.57 Å². The van der Waals surface area contributed by atoms with Gasteiger partial charge in [0, 0.05) is 25.7 Å². The molecule has 3 aliphatic rings. The van der Waals surface area contributed by atoms with E-state index in [1.165, 1.54) is 0 Å². The summed E-state index contributed by atoms with van der Waals surface area (Å²) < 4.78 is 5.16. The highest BCUT2D eigenvalue weighted by molar-refractivity contribution is 6.02. The van der Waals surface area contributed by atoms with Crippen molar-refractivity contribution >= 4 is 35.8 Å². The van der Waals surface area contributed by atoms with E-state index in [9.17, 15) is 28.8 Å². The Bertz CT molecular complexity index is 789. The summed E-state index contributed by atoms with van der Waals surface area (Å²) in [6.45, 7) is 1.65. The van der Waals surface area contributed by atoms with Crippen LogP contribution in [-0.4, -0.2) is 52.0 Å². The van der Waals surface area contributed by atoms with E-state index in [0.717, 1.165) is 0 Å². The molecule has 11 nitrogen and oxygen atoms in total. The fourth-order valence-corrected chi connectivity index (χ4v) is 3.36. The van der Waals surface area contributed by atoms with Crippen molar-refractivity contribution in [3.63, 3.8) is 0 Å². The van der Waals surface area contributed by atoms with Crippen LogP contribution in [0.1, 0.15) is 58.3 Å². The molecule has 4 amide bonds. The van der Waals surface area contributed by atoms with Gasteiger partial charge in [-0.25, -0.2) is 9.59 Å². The second-order valence-corrected chi connectivity index (χ2v) is 7.61. The predicted octanol–water partition coefficient (Wildman–Crippen LogP) is 1.32. The van der Waals surface area contributed by atoms with Gasteiger partial charge in [0.2, 0.25) is 0 Å². The maximum atomic E-state index is 12.7. The molecule has 30 heavy (non-hydrogen) atoms. The van der Waals surface area contributed by atoms with Crippen molar-refractivity contribution in [2.75, 3.05) is 0 Å². The summed E-state index contributed by atoms with van der Waals surface area (Å²) in [4.78, 5) is 80.8. The van der Waals surface area contributed by atoms with Crippen LogP contribution in [0.2, 0.25) is 0 Å². The lowest BCUT2D eigenvalue weighted by Gasteiger charge is -2.30. The van der Waals surface area contributed by atoms with Crippen molar-refractivity contribution in [1.29, 1.82) is 0 Å². The molecule has 2 heterocycles. The topological polar surface area (TPSA) is 137 Å². The third-order valence-corrected chi connectivity index (χ3v) is 5.29. The van der Waals surface area contributed by atoms with E-state index in [0.29, 0.717) is 23.0 Å². The summed E-state index contributed by atoms with van der Waals surface area (Å²) in [5.74, 6) is -3.07. The molecular weight excluding hydrogens is 400 g/mol. The minimum absolute atomic E-state index is 0.00557. The van der Waals surface area contributed by atoms with Crippen molar-refractivity contribution < 1.29 is 43.2 Å². The van der Waals surface area contributed by atoms with E-state index in [2.05, 4.69) is 4.84 Å². The van der Waals surface area contributed by atoms with Gasteiger partial charge in [-0.05, 0) is 38.7 Å². The molecule has 0 bridgehead atoms. The minimum atomic E-state index is -1.20. The monoisotopic (exact) mass is 422 g/mol. The van der Waals surface area contributed by atoms with E-state index >= 15 is 0 Å². The minimum Gasteiger partial charge on any atom is -0.425 e. The zero-order valence-corrected chi connectivity index (χ0v) is 16.5. The number of allylic oxidation sites excluding steroid dienone is 1. The first-order chi connectivity index (χ1) is 14.2. The summed E-state index contributed by atoms with van der Waals surface area (Å²) in [6, 6.07) is 0. The van der Waals surface area contributed by atoms with E-state index in [-0.39, 0.29) is 38.5 Å². The molecule has 0 saturated carbocycles. The number of nitrogens with zero attached hydrogens (tertiary/aromatic N) is 2. The summed E-state index contributed by atoms with van der Waals surface area (Å²) in [5.41, 5.74) is -1.01. The molecule has 1 aliphatic carbocycles. The van der Waals surface area contributed by atoms with Crippen molar-refractivity contribution in [3.05, 3.63) is 12.2 Å². The molecule has 0 aromatic carbocycles. The highest BCUT2D eigenvalue weighted by Gasteiger charge is 2.41. The second-order valence-electron chi connectivity index (χ2n) is 7.61. The molecule has 2 atom stereocenters. The molecule has 0 spiro atoms. The highest BCUT2D eigenvalue weighted by Crippen LogP contribution is 2.35. The van der Waals surface area contributed by atoms with Gasteiger partial charge >= 0.3 is 12.1 Å². The largest absolute Gasteiger partial charge is 0.534 e. The van der Waals surface area contributed by atoms with Crippen molar-refractivity contribution in [2.24, 2.45) is 5.41 Å². The summed E-state index contributed by atoms with van der Waals surface area (Å²) in [5, 5.41) is 0.901. The maximum Gasteiger partial charge on any atom is 0.534 e. The third kappa shape index (κ3) is 4.66. The number of hydrogen-bond donors (Lipinski definition) is 0. The van der Waals surface area contributed by atoms with E-state index in [1.54, 1.807) is 19.1 Å². The fraction of sp³-hybridized carbons (Fsp3) is 0.579. The number of hydroxylamine groups is 4. The number of carbonyl (C=O) groups is 6. The van der Waals surface area contributed by atoms with Crippen LogP contribution in [0.4, 0.5) is 4.79 Å². The Kier molecular flexibility index (Phi) is 6.18. The first-order valence-corrected chi connectivity index (χ1v) is 9.69. The number of amides is 4. The Balaban J connectivity index is 1.57. The Morgan fingerprint density at radius 3 is 2.00 bits per heavy atom. The average molecular weight is 422 g/mol. The van der Waals surface area contributed by atoms with Crippen molar-refractivity contribution in [3.8, 4) is 0 Å². The molecule has 0 aromatic rings. The standard InChI is InChI=1S/C19H22N2O9/c1-19(17(26)29-20-13(22)5-6-14(20)23)10-3-2-4-12(9-11-19)28-18(27)30-21-15(24)7-8-16(21)25/h2,4,12H,3,5-11H2,1H3/t12?,19-/m1/s1. The van der Waals surface area contributed by atoms with Crippen LogP contribution in [0.15, 0.2) is 12.2 Å². The smallest absolute Gasteiger partial charge is 0.425 e. The molecule has 2 fully saturated rings. The molecule has 0 aromatic heterocycles. The van der Waals surface area contributed by atoms with Gasteiger partial charge < -0.3 is 9.57 Å². The Hall–Kier alpha value is -3.24. The lowest BCUT2D eigenvalue weighted by Crippen LogP contribution is -2.40. The van der Waals surface area contributed by atoms with Crippen LogP contribution in [0.25, 0.3) is 0 Å². The molecule has 11 heteroatoms. The molecule has 2 aliphatic heterocycles. The lowest BCUT2D eigenvalue weighted by atomic mass is 9.79. The van der Waals surface area contributed by atoms with Crippen molar-refractivity contribution in [1.82, 2.24) is 10.1 Å². The molecular formula is C19H22N2O9. The van der Waals surface area contributed by atoms with Crippen LogP contribution >= 0.6 is 0 Å². The van der Waals surface area contributed by atoms with Gasteiger partial charge in [-0.1, -0.05) is 11.1 Å². The average Bonchev–Trinajstić information content (AvgIpc) is 3.17.